The van der Waals surface area contributed by atoms with Gasteiger partial charge in [-0.1, -0.05) is 82.3 Å². The summed E-state index contributed by atoms with van der Waals surface area (Å²) < 4.78 is 5.78. The maximum atomic E-state index is 5.78. The van der Waals surface area contributed by atoms with Gasteiger partial charge >= 0.3 is 0 Å². The lowest BCUT2D eigenvalue weighted by molar-refractivity contribution is 0.303. The first-order valence-corrected chi connectivity index (χ1v) is 11.6. The zero-order valence-corrected chi connectivity index (χ0v) is 18.0. The van der Waals surface area contributed by atoms with Gasteiger partial charge < -0.3 is 4.74 Å². The number of rotatable bonds is 10. The fourth-order valence-corrected chi connectivity index (χ4v) is 4.49. The Morgan fingerprint density at radius 1 is 0.714 bits per heavy atom. The van der Waals surface area contributed by atoms with Crippen LogP contribution >= 0.6 is 0 Å². The van der Waals surface area contributed by atoms with Crippen molar-refractivity contribution in [3.63, 3.8) is 0 Å². The normalized spacial score (nSPS) is 19.5. The van der Waals surface area contributed by atoms with E-state index in [1.807, 2.05) is 0 Å². The fourth-order valence-electron chi connectivity index (χ4n) is 4.49. The molecule has 28 heavy (non-hydrogen) atoms. The highest BCUT2D eigenvalue weighted by atomic mass is 16.5. The molecule has 1 aliphatic carbocycles. The standard InChI is InChI=1S/C27H38O/c1-3-5-7-8-22-9-11-23(12-10-22)24-13-15-25(16-14-24)26-17-19-27(20-18-26)28-21-6-4-2/h13-20,22-23H,3-12,21H2,1-2H3. The zero-order valence-electron chi connectivity index (χ0n) is 18.0. The lowest BCUT2D eigenvalue weighted by Crippen LogP contribution is -2.13. The molecule has 0 amide bonds. The Labute approximate surface area is 172 Å². The van der Waals surface area contributed by atoms with Crippen LogP contribution in [0.5, 0.6) is 5.75 Å². The van der Waals surface area contributed by atoms with Crippen molar-refractivity contribution in [1.82, 2.24) is 0 Å². The van der Waals surface area contributed by atoms with E-state index in [-0.39, 0.29) is 0 Å². The molecule has 0 atom stereocenters. The van der Waals surface area contributed by atoms with E-state index in [1.54, 1.807) is 0 Å². The van der Waals surface area contributed by atoms with Gasteiger partial charge in [0.2, 0.25) is 0 Å². The molecule has 2 aromatic rings. The lowest BCUT2D eigenvalue weighted by atomic mass is 9.77. The van der Waals surface area contributed by atoms with Crippen molar-refractivity contribution in [2.45, 2.75) is 84.0 Å². The first-order chi connectivity index (χ1) is 13.8. The van der Waals surface area contributed by atoms with Crippen LogP contribution in [0.25, 0.3) is 11.1 Å². The van der Waals surface area contributed by atoms with Crippen molar-refractivity contribution in [3.8, 4) is 16.9 Å². The number of benzene rings is 2. The van der Waals surface area contributed by atoms with Gasteiger partial charge in [0.25, 0.3) is 0 Å². The van der Waals surface area contributed by atoms with Gasteiger partial charge in [0.05, 0.1) is 6.61 Å². The van der Waals surface area contributed by atoms with E-state index in [4.69, 9.17) is 4.74 Å². The van der Waals surface area contributed by atoms with Crippen LogP contribution in [0.1, 0.15) is 89.5 Å². The number of ether oxygens (including phenoxy) is 1. The van der Waals surface area contributed by atoms with Crippen LogP contribution in [0.15, 0.2) is 48.5 Å². The van der Waals surface area contributed by atoms with Crippen molar-refractivity contribution in [2.24, 2.45) is 5.92 Å². The summed E-state index contributed by atoms with van der Waals surface area (Å²) in [7, 11) is 0. The Morgan fingerprint density at radius 2 is 1.32 bits per heavy atom. The zero-order chi connectivity index (χ0) is 19.6. The highest BCUT2D eigenvalue weighted by Gasteiger charge is 2.21. The maximum Gasteiger partial charge on any atom is 0.119 e. The molecule has 0 bridgehead atoms. The molecular weight excluding hydrogens is 340 g/mol. The van der Waals surface area contributed by atoms with E-state index in [2.05, 4.69) is 62.4 Å². The summed E-state index contributed by atoms with van der Waals surface area (Å²) in [5.41, 5.74) is 4.11. The first kappa shape index (κ1) is 21.0. The summed E-state index contributed by atoms with van der Waals surface area (Å²) in [5, 5.41) is 0. The molecule has 2 aromatic carbocycles. The SMILES string of the molecule is CCCCCC1CCC(c2ccc(-c3ccc(OCCCC)cc3)cc2)CC1. The molecule has 152 valence electrons. The van der Waals surface area contributed by atoms with Crippen molar-refractivity contribution in [3.05, 3.63) is 54.1 Å². The highest BCUT2D eigenvalue weighted by molar-refractivity contribution is 5.64. The number of hydrogen-bond donors (Lipinski definition) is 0. The number of hydrogen-bond acceptors (Lipinski definition) is 1. The van der Waals surface area contributed by atoms with Gasteiger partial charge in [-0.25, -0.2) is 0 Å². The summed E-state index contributed by atoms with van der Waals surface area (Å²) in [6, 6.07) is 17.9. The van der Waals surface area contributed by atoms with E-state index in [9.17, 15) is 0 Å². The Morgan fingerprint density at radius 3 is 1.93 bits per heavy atom. The summed E-state index contributed by atoms with van der Waals surface area (Å²) in [5.74, 6) is 2.73. The van der Waals surface area contributed by atoms with Crippen LogP contribution in [-0.4, -0.2) is 6.61 Å². The van der Waals surface area contributed by atoms with Crippen LogP contribution in [0.3, 0.4) is 0 Å². The Hall–Kier alpha value is -1.76. The summed E-state index contributed by atoms with van der Waals surface area (Å²) in [6.45, 7) is 5.30. The largest absolute Gasteiger partial charge is 0.494 e. The molecular formula is C27H38O. The second kappa shape index (κ2) is 11.3. The molecule has 1 nitrogen and oxygen atoms in total. The highest BCUT2D eigenvalue weighted by Crippen LogP contribution is 2.38. The van der Waals surface area contributed by atoms with E-state index >= 15 is 0 Å². The molecule has 0 radical (unpaired) electrons. The van der Waals surface area contributed by atoms with Crippen molar-refractivity contribution in [1.29, 1.82) is 0 Å². The maximum absolute atomic E-state index is 5.78. The second-order valence-corrected chi connectivity index (χ2v) is 8.56. The molecule has 0 aromatic heterocycles. The molecule has 1 aliphatic rings. The minimum Gasteiger partial charge on any atom is -0.494 e. The average molecular weight is 379 g/mol. The van der Waals surface area contributed by atoms with Crippen LogP contribution in [0, 0.1) is 5.92 Å². The van der Waals surface area contributed by atoms with Gasteiger partial charge in [-0.05, 0) is 72.8 Å². The summed E-state index contributed by atoms with van der Waals surface area (Å²) >= 11 is 0. The molecule has 0 unspecified atom stereocenters. The molecule has 0 saturated heterocycles. The molecule has 0 aliphatic heterocycles. The quantitative estimate of drug-likeness (QED) is 0.377. The van der Waals surface area contributed by atoms with E-state index < -0.39 is 0 Å². The van der Waals surface area contributed by atoms with Gasteiger partial charge in [0, 0.05) is 0 Å². The molecule has 3 rings (SSSR count). The average Bonchev–Trinajstić information content (AvgIpc) is 2.75. The third-order valence-corrected chi connectivity index (χ3v) is 6.40. The van der Waals surface area contributed by atoms with Gasteiger partial charge in [0.1, 0.15) is 5.75 Å². The van der Waals surface area contributed by atoms with Gasteiger partial charge in [-0.3, -0.25) is 0 Å². The first-order valence-electron chi connectivity index (χ1n) is 11.6. The van der Waals surface area contributed by atoms with Crippen LogP contribution in [0.2, 0.25) is 0 Å². The summed E-state index contributed by atoms with van der Waals surface area (Å²) in [6.07, 6.45) is 13.5. The van der Waals surface area contributed by atoms with Gasteiger partial charge in [0.15, 0.2) is 0 Å². The topological polar surface area (TPSA) is 9.23 Å². The van der Waals surface area contributed by atoms with Crippen LogP contribution in [-0.2, 0) is 0 Å². The van der Waals surface area contributed by atoms with Crippen molar-refractivity contribution >= 4 is 0 Å². The van der Waals surface area contributed by atoms with E-state index in [1.165, 1.54) is 74.5 Å². The van der Waals surface area contributed by atoms with Crippen molar-refractivity contribution in [2.75, 3.05) is 6.61 Å². The molecule has 1 heteroatoms. The fraction of sp³-hybridized carbons (Fsp3) is 0.556. The number of unbranched alkanes of at least 4 members (excludes halogenated alkanes) is 3. The molecule has 1 saturated carbocycles. The van der Waals surface area contributed by atoms with Gasteiger partial charge in [-0.15, -0.1) is 0 Å². The third kappa shape index (κ3) is 6.12. The minimum absolute atomic E-state index is 0.769. The Balaban J connectivity index is 1.51. The molecule has 0 N–H and O–H groups in total. The lowest BCUT2D eigenvalue weighted by Gasteiger charge is -2.29. The Bertz CT molecular complexity index is 662. The van der Waals surface area contributed by atoms with E-state index in [0.717, 1.165) is 30.6 Å². The molecule has 0 heterocycles. The van der Waals surface area contributed by atoms with Crippen molar-refractivity contribution < 1.29 is 4.74 Å². The van der Waals surface area contributed by atoms with Crippen LogP contribution < -0.4 is 4.74 Å². The second-order valence-electron chi connectivity index (χ2n) is 8.56. The predicted molar refractivity (Wildman–Crippen MR) is 121 cm³/mol. The molecule has 1 fully saturated rings. The predicted octanol–water partition coefficient (Wildman–Crippen LogP) is 8.39. The third-order valence-electron chi connectivity index (χ3n) is 6.40. The monoisotopic (exact) mass is 378 g/mol. The summed E-state index contributed by atoms with van der Waals surface area (Å²) in [4.78, 5) is 0. The van der Waals surface area contributed by atoms with Gasteiger partial charge in [-0.2, -0.15) is 0 Å². The minimum atomic E-state index is 0.769. The van der Waals surface area contributed by atoms with Crippen LogP contribution in [0.4, 0.5) is 0 Å². The smallest absolute Gasteiger partial charge is 0.119 e. The molecule has 0 spiro atoms. The van der Waals surface area contributed by atoms with E-state index in [0.29, 0.717) is 0 Å². The Kier molecular flexibility index (Phi) is 8.45.